The van der Waals surface area contributed by atoms with Gasteiger partial charge in [0.25, 0.3) is 5.56 Å². The number of nitrogens with zero attached hydrogens (tertiary/aromatic N) is 3. The molecule has 2 aromatic carbocycles. The van der Waals surface area contributed by atoms with Crippen molar-refractivity contribution in [2.45, 2.75) is 49.6 Å². The van der Waals surface area contributed by atoms with Crippen LogP contribution in [0.15, 0.2) is 52.4 Å². The van der Waals surface area contributed by atoms with Gasteiger partial charge in [-0.1, -0.05) is 23.9 Å². The third kappa shape index (κ3) is 3.57. The molecule has 6 nitrogen and oxygen atoms in total. The second-order valence-corrected chi connectivity index (χ2v) is 9.51. The Balaban J connectivity index is 1.44. The molecule has 1 saturated carbocycles. The number of amides is 1. The Morgan fingerprint density at radius 1 is 1.16 bits per heavy atom. The minimum absolute atomic E-state index is 0.00108. The van der Waals surface area contributed by atoms with Crippen LogP contribution >= 0.6 is 11.8 Å². The van der Waals surface area contributed by atoms with E-state index in [1.54, 1.807) is 28.5 Å². The quantitative estimate of drug-likeness (QED) is 0.345. The highest BCUT2D eigenvalue weighted by Crippen LogP contribution is 2.38. The highest BCUT2D eigenvalue weighted by molar-refractivity contribution is 8.00. The number of para-hydroxylation sites is 1. The lowest BCUT2D eigenvalue weighted by molar-refractivity contribution is -0.116. The normalized spacial score (nSPS) is 16.4. The Kier molecular flexibility index (Phi) is 4.93. The second-order valence-electron chi connectivity index (χ2n) is 8.21. The van der Waals surface area contributed by atoms with Gasteiger partial charge < -0.3 is 4.90 Å². The smallest absolute Gasteiger partial charge is 0.262 e. The summed E-state index contributed by atoms with van der Waals surface area (Å²) in [5.41, 5.74) is 3.18. The van der Waals surface area contributed by atoms with Crippen LogP contribution in [0.2, 0.25) is 0 Å². The van der Waals surface area contributed by atoms with Gasteiger partial charge in [-0.25, -0.2) is 4.98 Å². The highest BCUT2D eigenvalue weighted by Gasteiger charge is 2.30. The van der Waals surface area contributed by atoms with Crippen molar-refractivity contribution in [3.63, 3.8) is 0 Å². The van der Waals surface area contributed by atoms with Gasteiger partial charge in [-0.05, 0) is 62.1 Å². The largest absolute Gasteiger partial charge is 0.312 e. The van der Waals surface area contributed by atoms with E-state index in [-0.39, 0.29) is 28.5 Å². The van der Waals surface area contributed by atoms with Crippen molar-refractivity contribution in [2.24, 2.45) is 0 Å². The summed E-state index contributed by atoms with van der Waals surface area (Å²) in [7, 11) is 0. The van der Waals surface area contributed by atoms with Gasteiger partial charge in [0.2, 0.25) is 5.91 Å². The molecule has 31 heavy (non-hydrogen) atoms. The number of hydrogen-bond donors (Lipinski definition) is 0. The molecule has 0 radical (unpaired) electrons. The van der Waals surface area contributed by atoms with Crippen LogP contribution in [-0.4, -0.2) is 33.0 Å². The molecule has 158 valence electrons. The minimum Gasteiger partial charge on any atom is -0.312 e. The van der Waals surface area contributed by atoms with E-state index in [1.165, 1.54) is 11.8 Å². The van der Waals surface area contributed by atoms with Crippen molar-refractivity contribution in [3.8, 4) is 0 Å². The van der Waals surface area contributed by atoms with E-state index < -0.39 is 0 Å². The summed E-state index contributed by atoms with van der Waals surface area (Å²) in [5, 5.41) is 0.837. The molecule has 0 saturated heterocycles. The van der Waals surface area contributed by atoms with E-state index in [0.29, 0.717) is 28.2 Å². The molecule has 7 heteroatoms. The Labute approximate surface area is 184 Å². The van der Waals surface area contributed by atoms with Crippen LogP contribution in [0.5, 0.6) is 0 Å². The third-order valence-electron chi connectivity index (χ3n) is 5.98. The molecule has 1 fully saturated rings. The monoisotopic (exact) mass is 433 g/mol. The fraction of sp³-hybridized carbons (Fsp3) is 0.333. The topological polar surface area (TPSA) is 72.3 Å². The molecule has 2 aliphatic rings. The molecule has 1 aliphatic heterocycles. The van der Waals surface area contributed by atoms with E-state index in [9.17, 15) is 14.4 Å². The molecule has 1 atom stereocenters. The number of benzene rings is 2. The number of anilines is 1. The second kappa shape index (κ2) is 7.64. The zero-order chi connectivity index (χ0) is 21.7. The van der Waals surface area contributed by atoms with Crippen LogP contribution in [0.25, 0.3) is 10.9 Å². The fourth-order valence-corrected chi connectivity index (χ4v) is 5.25. The third-order valence-corrected chi connectivity index (χ3v) is 7.04. The van der Waals surface area contributed by atoms with Crippen LogP contribution < -0.4 is 10.5 Å². The van der Waals surface area contributed by atoms with Gasteiger partial charge >= 0.3 is 0 Å². The number of aromatic nitrogens is 2. The zero-order valence-electron chi connectivity index (χ0n) is 17.5. The van der Waals surface area contributed by atoms with Gasteiger partial charge in [0.05, 0.1) is 16.2 Å². The van der Waals surface area contributed by atoms with Gasteiger partial charge in [-0.2, -0.15) is 0 Å². The summed E-state index contributed by atoms with van der Waals surface area (Å²) in [6, 6.07) is 13.1. The van der Waals surface area contributed by atoms with Gasteiger partial charge in [-0.15, -0.1) is 0 Å². The average molecular weight is 434 g/mol. The molecule has 0 unspecified atom stereocenters. The predicted octanol–water partition coefficient (Wildman–Crippen LogP) is 4.00. The SMILES string of the molecule is CC(=O)N1CCc2cc(C(=O)[C@H](C)Sc3nc4ccccc4c(=O)n3C3CC3)ccc21. The molecule has 1 aromatic heterocycles. The fourth-order valence-electron chi connectivity index (χ4n) is 4.19. The first-order valence-corrected chi connectivity index (χ1v) is 11.4. The van der Waals surface area contributed by atoms with Gasteiger partial charge in [-0.3, -0.25) is 19.0 Å². The molecule has 5 rings (SSSR count). The van der Waals surface area contributed by atoms with Crippen molar-refractivity contribution in [1.29, 1.82) is 0 Å². The number of ketones is 1. The first-order valence-electron chi connectivity index (χ1n) is 10.6. The molecule has 2 heterocycles. The number of rotatable bonds is 5. The Morgan fingerprint density at radius 3 is 2.68 bits per heavy atom. The van der Waals surface area contributed by atoms with Crippen LogP contribution in [0.1, 0.15) is 48.7 Å². The van der Waals surface area contributed by atoms with Crippen molar-refractivity contribution >= 4 is 40.0 Å². The van der Waals surface area contributed by atoms with Gasteiger partial charge in [0.15, 0.2) is 10.9 Å². The number of hydrogen-bond acceptors (Lipinski definition) is 5. The Hall–Kier alpha value is -2.93. The summed E-state index contributed by atoms with van der Waals surface area (Å²) >= 11 is 1.35. The molecule has 0 bridgehead atoms. The van der Waals surface area contributed by atoms with E-state index in [1.807, 2.05) is 37.3 Å². The number of thioether (sulfide) groups is 1. The average Bonchev–Trinajstić information content (AvgIpc) is 3.50. The van der Waals surface area contributed by atoms with Crippen LogP contribution in [0.4, 0.5) is 5.69 Å². The Bertz CT molecular complexity index is 1280. The molecule has 3 aromatic rings. The maximum Gasteiger partial charge on any atom is 0.262 e. The first-order chi connectivity index (χ1) is 14.9. The summed E-state index contributed by atoms with van der Waals surface area (Å²) in [5.74, 6) is 0.0148. The minimum atomic E-state index is -0.388. The molecular formula is C24H23N3O3S. The zero-order valence-corrected chi connectivity index (χ0v) is 18.3. The lowest BCUT2D eigenvalue weighted by Crippen LogP contribution is -2.25. The van der Waals surface area contributed by atoms with Crippen LogP contribution in [0, 0.1) is 0 Å². The molecule has 1 aliphatic carbocycles. The Morgan fingerprint density at radius 2 is 1.94 bits per heavy atom. The number of carbonyl (C=O) groups is 2. The van der Waals surface area contributed by atoms with E-state index >= 15 is 0 Å². The lowest BCUT2D eigenvalue weighted by atomic mass is 10.0. The van der Waals surface area contributed by atoms with Crippen molar-refractivity contribution in [3.05, 3.63) is 63.9 Å². The highest BCUT2D eigenvalue weighted by atomic mass is 32.2. The van der Waals surface area contributed by atoms with Crippen molar-refractivity contribution < 1.29 is 9.59 Å². The maximum atomic E-state index is 13.2. The summed E-state index contributed by atoms with van der Waals surface area (Å²) in [6.07, 6.45) is 2.69. The lowest BCUT2D eigenvalue weighted by Gasteiger charge is -2.17. The molecule has 0 spiro atoms. The van der Waals surface area contributed by atoms with Crippen LogP contribution in [-0.2, 0) is 11.2 Å². The maximum absolute atomic E-state index is 13.2. The number of carbonyl (C=O) groups excluding carboxylic acids is 2. The molecule has 0 N–H and O–H groups in total. The predicted molar refractivity (Wildman–Crippen MR) is 122 cm³/mol. The molecular weight excluding hydrogens is 410 g/mol. The van der Waals surface area contributed by atoms with Gasteiger partial charge in [0.1, 0.15) is 0 Å². The van der Waals surface area contributed by atoms with Crippen LogP contribution in [0.3, 0.4) is 0 Å². The van der Waals surface area contributed by atoms with E-state index in [4.69, 9.17) is 4.98 Å². The first kappa shape index (κ1) is 20.0. The van der Waals surface area contributed by atoms with E-state index in [2.05, 4.69) is 0 Å². The molecule has 1 amide bonds. The summed E-state index contributed by atoms with van der Waals surface area (Å²) in [4.78, 5) is 44.5. The summed E-state index contributed by atoms with van der Waals surface area (Å²) in [6.45, 7) is 4.07. The standard InChI is InChI=1S/C24H23N3O3S/c1-14(22(29)17-7-10-21-16(13-17)11-12-26(21)15(2)28)31-24-25-20-6-4-3-5-19(20)23(30)27(24)18-8-9-18/h3-7,10,13-14,18H,8-9,11-12H2,1-2H3/t14-/m0/s1. The van der Waals surface area contributed by atoms with Gasteiger partial charge in [0, 0.05) is 30.8 Å². The van der Waals surface area contributed by atoms with E-state index in [0.717, 1.165) is 30.5 Å². The number of fused-ring (bicyclic) bond motifs is 2. The van der Waals surface area contributed by atoms with Crippen molar-refractivity contribution in [1.82, 2.24) is 9.55 Å². The number of Topliss-reactive ketones (excluding diaryl/α,β-unsaturated/α-hetero) is 1. The summed E-state index contributed by atoms with van der Waals surface area (Å²) < 4.78 is 1.77. The van der Waals surface area contributed by atoms with Crippen molar-refractivity contribution in [2.75, 3.05) is 11.4 Å².